The molecular weight excluding hydrogens is 442 g/mol. The van der Waals surface area contributed by atoms with Crippen molar-refractivity contribution in [3.05, 3.63) is 54.2 Å². The Morgan fingerprint density at radius 1 is 1.09 bits per heavy atom. The van der Waals surface area contributed by atoms with Crippen molar-refractivity contribution in [2.75, 3.05) is 24.5 Å². The maximum atomic E-state index is 13.0. The average molecular weight is 468 g/mol. The molecule has 1 aromatic carbocycles. The van der Waals surface area contributed by atoms with Crippen LogP contribution in [0.4, 0.5) is 5.69 Å². The fourth-order valence-electron chi connectivity index (χ4n) is 4.37. The second-order valence-electron chi connectivity index (χ2n) is 8.30. The molecule has 2 aliphatic heterocycles. The standard InChI is InChI=1S/C23H25N5O4S/c29-22(9-8-21-25-23(26-32-21)18-5-4-11-24-16-18)28-14-10-17-15-19(6-7-20(17)28)33(30,31)27-12-2-1-3-13-27/h4-7,11,15-16H,1-3,8-10,12-14H2. The number of rotatable bonds is 6. The summed E-state index contributed by atoms with van der Waals surface area (Å²) in [5.41, 5.74) is 2.42. The topological polar surface area (TPSA) is 109 Å². The van der Waals surface area contributed by atoms with Gasteiger partial charge >= 0.3 is 0 Å². The molecule has 1 saturated heterocycles. The Bertz CT molecular complexity index is 1250. The fraction of sp³-hybridized carbons (Fsp3) is 0.391. The van der Waals surface area contributed by atoms with Crippen LogP contribution in [0.5, 0.6) is 0 Å². The number of anilines is 1. The zero-order chi connectivity index (χ0) is 22.8. The number of fused-ring (bicyclic) bond motifs is 1. The van der Waals surface area contributed by atoms with Crippen LogP contribution in [0.15, 0.2) is 52.1 Å². The Labute approximate surface area is 192 Å². The van der Waals surface area contributed by atoms with Crippen LogP contribution in [0.1, 0.15) is 37.1 Å². The quantitative estimate of drug-likeness (QED) is 0.548. The molecule has 0 aliphatic carbocycles. The third-order valence-corrected chi connectivity index (χ3v) is 8.04. The largest absolute Gasteiger partial charge is 0.339 e. The highest BCUT2D eigenvalue weighted by molar-refractivity contribution is 7.89. The second-order valence-corrected chi connectivity index (χ2v) is 10.2. The summed E-state index contributed by atoms with van der Waals surface area (Å²) in [7, 11) is -3.49. The molecule has 2 aliphatic rings. The summed E-state index contributed by atoms with van der Waals surface area (Å²) in [5, 5.41) is 3.96. The van der Waals surface area contributed by atoms with Gasteiger partial charge in [-0.3, -0.25) is 9.78 Å². The summed E-state index contributed by atoms with van der Waals surface area (Å²) < 4.78 is 32.8. The predicted octanol–water partition coefficient (Wildman–Crippen LogP) is 2.83. The summed E-state index contributed by atoms with van der Waals surface area (Å²) in [6.45, 7) is 1.68. The number of sulfonamides is 1. The Hall–Kier alpha value is -3.11. The predicted molar refractivity (Wildman–Crippen MR) is 121 cm³/mol. The van der Waals surface area contributed by atoms with Crippen molar-refractivity contribution in [1.82, 2.24) is 19.4 Å². The molecule has 0 atom stereocenters. The van der Waals surface area contributed by atoms with E-state index in [9.17, 15) is 13.2 Å². The Morgan fingerprint density at radius 3 is 2.73 bits per heavy atom. The molecule has 0 N–H and O–H groups in total. The van der Waals surface area contributed by atoms with Gasteiger partial charge in [-0.2, -0.15) is 9.29 Å². The summed E-state index contributed by atoms with van der Waals surface area (Å²) in [5.74, 6) is 0.783. The van der Waals surface area contributed by atoms with Crippen LogP contribution >= 0.6 is 0 Å². The molecule has 0 radical (unpaired) electrons. The summed E-state index contributed by atoms with van der Waals surface area (Å²) in [6, 6.07) is 8.73. The lowest BCUT2D eigenvalue weighted by molar-refractivity contribution is -0.118. The van der Waals surface area contributed by atoms with E-state index >= 15 is 0 Å². The van der Waals surface area contributed by atoms with E-state index in [2.05, 4.69) is 15.1 Å². The Kier molecular flexibility index (Phi) is 5.94. The van der Waals surface area contributed by atoms with E-state index < -0.39 is 10.0 Å². The van der Waals surface area contributed by atoms with Crippen LogP contribution in [-0.2, 0) is 27.7 Å². The van der Waals surface area contributed by atoms with Crippen molar-refractivity contribution in [3.8, 4) is 11.4 Å². The molecular formula is C23H25N5O4S. The fourth-order valence-corrected chi connectivity index (χ4v) is 5.94. The van der Waals surface area contributed by atoms with Gasteiger partial charge < -0.3 is 9.42 Å². The van der Waals surface area contributed by atoms with E-state index in [1.807, 2.05) is 6.07 Å². The van der Waals surface area contributed by atoms with Gasteiger partial charge in [0.15, 0.2) is 0 Å². The molecule has 0 spiro atoms. The number of carbonyl (C=O) groups is 1. The third kappa shape index (κ3) is 4.40. The highest BCUT2D eigenvalue weighted by atomic mass is 32.2. The zero-order valence-electron chi connectivity index (χ0n) is 18.2. The number of carbonyl (C=O) groups excluding carboxylic acids is 1. The smallest absolute Gasteiger partial charge is 0.243 e. The SMILES string of the molecule is O=C(CCc1nc(-c2cccnc2)no1)N1CCc2cc(S(=O)(=O)N3CCCCC3)ccc21. The minimum absolute atomic E-state index is 0.0542. The lowest BCUT2D eigenvalue weighted by Gasteiger charge is -2.26. The van der Waals surface area contributed by atoms with Gasteiger partial charge in [-0.1, -0.05) is 11.6 Å². The van der Waals surface area contributed by atoms with Crippen molar-refractivity contribution in [2.24, 2.45) is 0 Å². The monoisotopic (exact) mass is 467 g/mol. The van der Waals surface area contributed by atoms with E-state index in [4.69, 9.17) is 4.52 Å². The van der Waals surface area contributed by atoms with Crippen LogP contribution in [0.25, 0.3) is 11.4 Å². The van der Waals surface area contributed by atoms with Gasteiger partial charge in [-0.05, 0) is 55.2 Å². The maximum absolute atomic E-state index is 13.0. The van der Waals surface area contributed by atoms with Gasteiger partial charge in [0, 0.05) is 56.1 Å². The summed E-state index contributed by atoms with van der Waals surface area (Å²) in [4.78, 5) is 23.3. The molecule has 3 aromatic rings. The highest BCUT2D eigenvalue weighted by Gasteiger charge is 2.30. The van der Waals surface area contributed by atoms with Crippen molar-refractivity contribution >= 4 is 21.6 Å². The van der Waals surface area contributed by atoms with Gasteiger partial charge in [-0.25, -0.2) is 8.42 Å². The highest BCUT2D eigenvalue weighted by Crippen LogP contribution is 2.32. The van der Waals surface area contributed by atoms with E-state index in [-0.39, 0.29) is 12.3 Å². The van der Waals surface area contributed by atoms with Crippen LogP contribution in [-0.4, -0.2) is 53.4 Å². The third-order valence-electron chi connectivity index (χ3n) is 6.14. The van der Waals surface area contributed by atoms with E-state index in [1.165, 1.54) is 0 Å². The van der Waals surface area contributed by atoms with Crippen molar-refractivity contribution in [2.45, 2.75) is 43.4 Å². The minimum Gasteiger partial charge on any atom is -0.339 e. The van der Waals surface area contributed by atoms with Crippen LogP contribution in [0, 0.1) is 0 Å². The number of nitrogens with zero attached hydrogens (tertiary/aromatic N) is 5. The summed E-state index contributed by atoms with van der Waals surface area (Å²) >= 11 is 0. The Balaban J connectivity index is 1.25. The number of hydrogen-bond acceptors (Lipinski definition) is 7. The first-order valence-corrected chi connectivity index (χ1v) is 12.6. The molecule has 5 rings (SSSR count). The van der Waals surface area contributed by atoms with Crippen molar-refractivity contribution in [1.29, 1.82) is 0 Å². The maximum Gasteiger partial charge on any atom is 0.243 e. The van der Waals surface area contributed by atoms with Crippen LogP contribution in [0.2, 0.25) is 0 Å². The van der Waals surface area contributed by atoms with Crippen molar-refractivity contribution in [3.63, 3.8) is 0 Å². The van der Waals surface area contributed by atoms with Crippen LogP contribution in [0.3, 0.4) is 0 Å². The normalized spacial score (nSPS) is 16.7. The molecule has 10 heteroatoms. The van der Waals surface area contributed by atoms with E-state index in [0.717, 1.165) is 36.1 Å². The molecule has 0 unspecified atom stereocenters. The molecule has 2 aromatic heterocycles. The van der Waals surface area contributed by atoms with E-state index in [1.54, 1.807) is 45.9 Å². The number of piperidine rings is 1. The minimum atomic E-state index is -3.49. The van der Waals surface area contributed by atoms with Gasteiger partial charge in [-0.15, -0.1) is 0 Å². The molecule has 172 valence electrons. The summed E-state index contributed by atoms with van der Waals surface area (Å²) in [6.07, 6.45) is 7.38. The first kappa shape index (κ1) is 21.7. The van der Waals surface area contributed by atoms with Gasteiger partial charge in [0.25, 0.3) is 0 Å². The van der Waals surface area contributed by atoms with Crippen molar-refractivity contribution < 1.29 is 17.7 Å². The first-order chi connectivity index (χ1) is 16.0. The number of amides is 1. The Morgan fingerprint density at radius 2 is 1.94 bits per heavy atom. The molecule has 33 heavy (non-hydrogen) atoms. The molecule has 0 bridgehead atoms. The second kappa shape index (κ2) is 9.03. The number of aromatic nitrogens is 3. The number of hydrogen-bond donors (Lipinski definition) is 0. The van der Waals surface area contributed by atoms with Gasteiger partial charge in [0.05, 0.1) is 4.90 Å². The molecule has 1 fully saturated rings. The first-order valence-electron chi connectivity index (χ1n) is 11.2. The molecule has 0 saturated carbocycles. The van der Waals surface area contributed by atoms with Crippen LogP contribution < -0.4 is 4.90 Å². The van der Waals surface area contributed by atoms with E-state index in [0.29, 0.717) is 49.1 Å². The molecule has 4 heterocycles. The number of aryl methyl sites for hydroxylation is 1. The lowest BCUT2D eigenvalue weighted by atomic mass is 10.2. The lowest BCUT2D eigenvalue weighted by Crippen LogP contribution is -2.35. The molecule has 1 amide bonds. The zero-order valence-corrected chi connectivity index (χ0v) is 19.0. The molecule has 9 nitrogen and oxygen atoms in total. The average Bonchev–Trinajstić information content (AvgIpc) is 3.51. The number of benzene rings is 1. The van der Waals surface area contributed by atoms with Gasteiger partial charge in [0.1, 0.15) is 0 Å². The van der Waals surface area contributed by atoms with Gasteiger partial charge in [0.2, 0.25) is 27.6 Å². The number of pyridine rings is 1.